The highest BCUT2D eigenvalue weighted by Gasteiger charge is 2.26. The quantitative estimate of drug-likeness (QED) is 0.708. The lowest BCUT2D eigenvalue weighted by Crippen LogP contribution is -2.04. The maximum atomic E-state index is 11.4. The molecule has 1 heterocycles. The molecule has 0 N–H and O–H groups in total. The van der Waals surface area contributed by atoms with E-state index in [4.69, 9.17) is 4.74 Å². The van der Waals surface area contributed by atoms with Crippen LogP contribution in [0, 0.1) is 0 Å². The van der Waals surface area contributed by atoms with Gasteiger partial charge in [0, 0.05) is 17.7 Å². The number of nitrogens with zero attached hydrogens (tertiary/aromatic N) is 1. The van der Waals surface area contributed by atoms with Gasteiger partial charge < -0.3 is 9.47 Å². The lowest BCUT2D eigenvalue weighted by atomic mass is 10.2. The second-order valence-corrected chi connectivity index (χ2v) is 3.59. The molecule has 0 amide bonds. The summed E-state index contributed by atoms with van der Waals surface area (Å²) in [5, 5.41) is 0. The number of hydrogen-bond donors (Lipinski definition) is 0. The fourth-order valence-electron chi connectivity index (χ4n) is 1.45. The molecule has 1 saturated carbocycles. The van der Waals surface area contributed by atoms with Crippen LogP contribution in [0.5, 0.6) is 5.88 Å². The lowest BCUT2D eigenvalue weighted by Gasteiger charge is -2.05. The average molecular weight is 207 g/mol. The first kappa shape index (κ1) is 9.96. The Hall–Kier alpha value is -1.58. The minimum atomic E-state index is -0.349. The first-order valence-electron chi connectivity index (χ1n) is 4.89. The van der Waals surface area contributed by atoms with Gasteiger partial charge in [0.2, 0.25) is 5.88 Å². The number of carbonyl (C=O) groups is 1. The highest BCUT2D eigenvalue weighted by atomic mass is 16.5. The van der Waals surface area contributed by atoms with Crippen molar-refractivity contribution >= 4 is 5.97 Å². The molecule has 0 aliphatic heterocycles. The summed E-state index contributed by atoms with van der Waals surface area (Å²) in [7, 11) is 2.91. The van der Waals surface area contributed by atoms with Crippen molar-refractivity contribution in [3.05, 3.63) is 23.4 Å². The Kier molecular flexibility index (Phi) is 2.58. The number of hydrogen-bond acceptors (Lipinski definition) is 4. The Labute approximate surface area is 88.2 Å². The van der Waals surface area contributed by atoms with Gasteiger partial charge in [-0.2, -0.15) is 0 Å². The van der Waals surface area contributed by atoms with Gasteiger partial charge in [-0.15, -0.1) is 0 Å². The van der Waals surface area contributed by atoms with E-state index in [2.05, 4.69) is 9.72 Å². The molecule has 0 aromatic carbocycles. The second-order valence-electron chi connectivity index (χ2n) is 3.59. The standard InChI is InChI=1S/C11H13NO3/c1-14-10-6-8(11(13)15-2)5-9(12-10)7-3-4-7/h5-7H,3-4H2,1-2H3. The van der Waals surface area contributed by atoms with Crippen molar-refractivity contribution < 1.29 is 14.3 Å². The summed E-state index contributed by atoms with van der Waals surface area (Å²) < 4.78 is 9.72. The van der Waals surface area contributed by atoms with Crippen molar-refractivity contribution in [2.75, 3.05) is 14.2 Å². The van der Waals surface area contributed by atoms with E-state index in [1.165, 1.54) is 7.11 Å². The van der Waals surface area contributed by atoms with E-state index in [-0.39, 0.29) is 5.97 Å². The molecule has 1 aromatic heterocycles. The molecular formula is C11H13NO3. The van der Waals surface area contributed by atoms with E-state index in [0.717, 1.165) is 18.5 Å². The largest absolute Gasteiger partial charge is 0.481 e. The third kappa shape index (κ3) is 2.09. The van der Waals surface area contributed by atoms with Crippen LogP contribution < -0.4 is 4.74 Å². The van der Waals surface area contributed by atoms with Gasteiger partial charge in [0.15, 0.2) is 0 Å². The normalized spacial score (nSPS) is 14.8. The Bertz CT molecular complexity index is 385. The highest BCUT2D eigenvalue weighted by molar-refractivity contribution is 5.89. The molecule has 0 spiro atoms. The third-order valence-electron chi connectivity index (χ3n) is 2.45. The van der Waals surface area contributed by atoms with Crippen LogP contribution in [0.15, 0.2) is 12.1 Å². The van der Waals surface area contributed by atoms with Crippen LogP contribution in [0.2, 0.25) is 0 Å². The average Bonchev–Trinajstić information content (AvgIpc) is 3.11. The van der Waals surface area contributed by atoms with E-state index in [1.807, 2.05) is 0 Å². The van der Waals surface area contributed by atoms with Crippen LogP contribution in [0.1, 0.15) is 34.8 Å². The van der Waals surface area contributed by atoms with Gasteiger partial charge in [0.05, 0.1) is 19.8 Å². The van der Waals surface area contributed by atoms with E-state index < -0.39 is 0 Å². The van der Waals surface area contributed by atoms with E-state index in [0.29, 0.717) is 17.4 Å². The molecule has 80 valence electrons. The molecule has 1 aliphatic rings. The smallest absolute Gasteiger partial charge is 0.338 e. The van der Waals surface area contributed by atoms with E-state index in [1.54, 1.807) is 19.2 Å². The molecule has 1 aliphatic carbocycles. The zero-order valence-electron chi connectivity index (χ0n) is 8.82. The Morgan fingerprint density at radius 3 is 2.67 bits per heavy atom. The first-order valence-corrected chi connectivity index (χ1v) is 4.89. The van der Waals surface area contributed by atoms with Crippen LogP contribution in [-0.2, 0) is 4.74 Å². The lowest BCUT2D eigenvalue weighted by molar-refractivity contribution is 0.0600. The van der Waals surface area contributed by atoms with Crippen molar-refractivity contribution in [1.82, 2.24) is 4.98 Å². The van der Waals surface area contributed by atoms with Crippen molar-refractivity contribution in [2.45, 2.75) is 18.8 Å². The van der Waals surface area contributed by atoms with Crippen molar-refractivity contribution in [3.8, 4) is 5.88 Å². The van der Waals surface area contributed by atoms with Crippen LogP contribution in [0.25, 0.3) is 0 Å². The van der Waals surface area contributed by atoms with Gasteiger partial charge in [-0.3, -0.25) is 0 Å². The molecule has 4 nitrogen and oxygen atoms in total. The zero-order valence-corrected chi connectivity index (χ0v) is 8.82. The van der Waals surface area contributed by atoms with Crippen molar-refractivity contribution in [2.24, 2.45) is 0 Å². The monoisotopic (exact) mass is 207 g/mol. The summed E-state index contributed by atoms with van der Waals surface area (Å²) >= 11 is 0. The van der Waals surface area contributed by atoms with Crippen LogP contribution >= 0.6 is 0 Å². The number of carbonyl (C=O) groups excluding carboxylic acids is 1. The Morgan fingerprint density at radius 1 is 1.40 bits per heavy atom. The zero-order chi connectivity index (χ0) is 10.8. The molecule has 4 heteroatoms. The number of methoxy groups -OCH3 is 2. The highest BCUT2D eigenvalue weighted by Crippen LogP contribution is 2.39. The van der Waals surface area contributed by atoms with Gasteiger partial charge in [-0.05, 0) is 18.9 Å². The molecule has 0 radical (unpaired) electrons. The van der Waals surface area contributed by atoms with Gasteiger partial charge in [0.25, 0.3) is 0 Å². The third-order valence-corrected chi connectivity index (χ3v) is 2.45. The van der Waals surface area contributed by atoms with Gasteiger partial charge in [-0.25, -0.2) is 9.78 Å². The van der Waals surface area contributed by atoms with E-state index >= 15 is 0 Å². The maximum absolute atomic E-state index is 11.4. The first-order chi connectivity index (χ1) is 7.24. The fourth-order valence-corrected chi connectivity index (χ4v) is 1.45. The van der Waals surface area contributed by atoms with Gasteiger partial charge >= 0.3 is 5.97 Å². The molecule has 0 bridgehead atoms. The number of pyridine rings is 1. The molecule has 0 saturated heterocycles. The number of rotatable bonds is 3. The fraction of sp³-hybridized carbons (Fsp3) is 0.455. The molecule has 1 aromatic rings. The topological polar surface area (TPSA) is 48.4 Å². The predicted molar refractivity (Wildman–Crippen MR) is 54.1 cm³/mol. The number of ether oxygens (including phenoxy) is 2. The van der Waals surface area contributed by atoms with Gasteiger partial charge in [0.1, 0.15) is 0 Å². The van der Waals surface area contributed by atoms with Crippen LogP contribution in [-0.4, -0.2) is 25.2 Å². The Balaban J connectivity index is 2.36. The summed E-state index contributed by atoms with van der Waals surface area (Å²) in [5.41, 5.74) is 1.43. The van der Waals surface area contributed by atoms with Crippen molar-refractivity contribution in [3.63, 3.8) is 0 Å². The molecule has 2 rings (SSSR count). The molecule has 15 heavy (non-hydrogen) atoms. The second kappa shape index (κ2) is 3.88. The maximum Gasteiger partial charge on any atom is 0.338 e. The van der Waals surface area contributed by atoms with E-state index in [9.17, 15) is 4.79 Å². The predicted octanol–water partition coefficient (Wildman–Crippen LogP) is 1.75. The molecule has 1 fully saturated rings. The van der Waals surface area contributed by atoms with Crippen LogP contribution in [0.3, 0.4) is 0 Å². The summed E-state index contributed by atoms with van der Waals surface area (Å²) in [6.45, 7) is 0. The minimum absolute atomic E-state index is 0.349. The molecule has 0 unspecified atom stereocenters. The number of esters is 1. The Morgan fingerprint density at radius 2 is 2.13 bits per heavy atom. The minimum Gasteiger partial charge on any atom is -0.481 e. The number of aromatic nitrogens is 1. The summed E-state index contributed by atoms with van der Waals surface area (Å²) in [5.74, 6) is 0.612. The van der Waals surface area contributed by atoms with Crippen molar-refractivity contribution in [1.29, 1.82) is 0 Å². The van der Waals surface area contributed by atoms with Crippen LogP contribution in [0.4, 0.5) is 0 Å². The van der Waals surface area contributed by atoms with Gasteiger partial charge in [-0.1, -0.05) is 0 Å². The molecule has 0 atom stereocenters. The SMILES string of the molecule is COC(=O)c1cc(OC)nc(C2CC2)c1. The summed E-state index contributed by atoms with van der Waals surface area (Å²) in [6, 6.07) is 3.38. The molecular weight excluding hydrogens is 194 g/mol. The summed E-state index contributed by atoms with van der Waals surface area (Å²) in [4.78, 5) is 15.7. The summed E-state index contributed by atoms with van der Waals surface area (Å²) in [6.07, 6.45) is 2.28.